The van der Waals surface area contributed by atoms with Gasteiger partial charge >= 0.3 is 6.03 Å². The SMILES string of the molecule is O=C(NC1CC1)C1CCN(C(=O)Nc2cccc(F)c2)CC1. The van der Waals surface area contributed by atoms with Crippen LogP contribution in [0.4, 0.5) is 14.9 Å². The third kappa shape index (κ3) is 3.75. The van der Waals surface area contributed by atoms with Crippen molar-refractivity contribution in [3.05, 3.63) is 30.1 Å². The number of amides is 3. The van der Waals surface area contributed by atoms with Gasteiger partial charge in [-0.3, -0.25) is 4.79 Å². The van der Waals surface area contributed by atoms with Gasteiger partial charge in [0.2, 0.25) is 5.91 Å². The highest BCUT2D eigenvalue weighted by Gasteiger charge is 2.31. The fourth-order valence-electron chi connectivity index (χ4n) is 2.66. The standard InChI is InChI=1S/C16H20FN3O2/c17-12-2-1-3-14(10-12)19-16(22)20-8-6-11(7-9-20)15(21)18-13-4-5-13/h1-3,10-11,13H,4-9H2,(H,18,21)(H,19,22). The number of carbonyl (C=O) groups is 2. The Kier molecular flexibility index (Phi) is 4.27. The molecule has 0 unspecified atom stereocenters. The summed E-state index contributed by atoms with van der Waals surface area (Å²) >= 11 is 0. The average molecular weight is 305 g/mol. The van der Waals surface area contributed by atoms with Crippen molar-refractivity contribution in [1.82, 2.24) is 10.2 Å². The molecule has 2 N–H and O–H groups in total. The highest BCUT2D eigenvalue weighted by atomic mass is 19.1. The zero-order valence-electron chi connectivity index (χ0n) is 12.3. The van der Waals surface area contributed by atoms with Gasteiger partial charge in [-0.1, -0.05) is 6.07 Å². The van der Waals surface area contributed by atoms with E-state index in [1.807, 2.05) is 0 Å². The molecule has 0 atom stereocenters. The predicted molar refractivity (Wildman–Crippen MR) is 80.9 cm³/mol. The predicted octanol–water partition coefficient (Wildman–Crippen LogP) is 2.35. The highest BCUT2D eigenvalue weighted by Crippen LogP contribution is 2.23. The molecule has 1 aliphatic heterocycles. The van der Waals surface area contributed by atoms with E-state index in [0.717, 1.165) is 12.8 Å². The van der Waals surface area contributed by atoms with Crippen molar-refractivity contribution in [1.29, 1.82) is 0 Å². The molecule has 22 heavy (non-hydrogen) atoms. The van der Waals surface area contributed by atoms with Crippen LogP contribution in [0.1, 0.15) is 25.7 Å². The Balaban J connectivity index is 1.48. The second-order valence-corrected chi connectivity index (χ2v) is 5.98. The lowest BCUT2D eigenvalue weighted by Gasteiger charge is -2.31. The second kappa shape index (κ2) is 6.34. The number of urea groups is 1. The van der Waals surface area contributed by atoms with Crippen molar-refractivity contribution in [3.8, 4) is 0 Å². The van der Waals surface area contributed by atoms with Gasteiger partial charge in [-0.25, -0.2) is 9.18 Å². The van der Waals surface area contributed by atoms with E-state index in [1.165, 1.54) is 12.1 Å². The van der Waals surface area contributed by atoms with Gasteiger partial charge in [0.1, 0.15) is 5.82 Å². The van der Waals surface area contributed by atoms with Crippen LogP contribution in [0.25, 0.3) is 0 Å². The summed E-state index contributed by atoms with van der Waals surface area (Å²) in [5.74, 6) is -0.264. The monoisotopic (exact) mass is 305 g/mol. The first-order valence-corrected chi connectivity index (χ1v) is 7.74. The fraction of sp³-hybridized carbons (Fsp3) is 0.500. The van der Waals surface area contributed by atoms with Crippen molar-refractivity contribution in [2.75, 3.05) is 18.4 Å². The summed E-state index contributed by atoms with van der Waals surface area (Å²) in [6, 6.07) is 5.96. The molecule has 2 fully saturated rings. The van der Waals surface area contributed by atoms with Gasteiger partial charge in [0.25, 0.3) is 0 Å². The first kappa shape index (κ1) is 14.8. The van der Waals surface area contributed by atoms with Crippen LogP contribution >= 0.6 is 0 Å². The lowest BCUT2D eigenvalue weighted by molar-refractivity contribution is -0.126. The summed E-state index contributed by atoms with van der Waals surface area (Å²) < 4.78 is 13.1. The number of anilines is 1. The van der Waals surface area contributed by atoms with Crippen LogP contribution in [0.2, 0.25) is 0 Å². The molecule has 3 amide bonds. The quantitative estimate of drug-likeness (QED) is 0.900. The number of piperidine rings is 1. The topological polar surface area (TPSA) is 61.4 Å². The van der Waals surface area contributed by atoms with E-state index in [2.05, 4.69) is 10.6 Å². The molecular weight excluding hydrogens is 285 g/mol. The molecule has 0 radical (unpaired) electrons. The zero-order valence-corrected chi connectivity index (χ0v) is 12.3. The van der Waals surface area contributed by atoms with E-state index in [0.29, 0.717) is 37.7 Å². The number of halogens is 1. The first-order valence-electron chi connectivity index (χ1n) is 7.74. The normalized spacial score (nSPS) is 18.9. The number of likely N-dealkylation sites (tertiary alicyclic amines) is 1. The summed E-state index contributed by atoms with van der Waals surface area (Å²) in [5, 5.41) is 5.70. The van der Waals surface area contributed by atoms with E-state index >= 15 is 0 Å². The van der Waals surface area contributed by atoms with Crippen LogP contribution in [0.5, 0.6) is 0 Å². The van der Waals surface area contributed by atoms with Gasteiger partial charge in [0, 0.05) is 30.7 Å². The van der Waals surface area contributed by atoms with Gasteiger partial charge in [0.05, 0.1) is 0 Å². The smallest absolute Gasteiger partial charge is 0.321 e. The molecule has 6 heteroatoms. The Morgan fingerprint density at radius 2 is 1.86 bits per heavy atom. The minimum absolute atomic E-state index is 0.00109. The number of nitrogens with zero attached hydrogens (tertiary/aromatic N) is 1. The molecule has 3 rings (SSSR count). The molecule has 0 aromatic heterocycles. The van der Waals surface area contributed by atoms with Gasteiger partial charge < -0.3 is 15.5 Å². The number of nitrogens with one attached hydrogen (secondary N) is 2. The maximum Gasteiger partial charge on any atom is 0.321 e. The third-order valence-electron chi connectivity index (χ3n) is 4.15. The molecule has 118 valence electrons. The van der Waals surface area contributed by atoms with Gasteiger partial charge in [0.15, 0.2) is 0 Å². The number of hydrogen-bond acceptors (Lipinski definition) is 2. The molecule has 1 saturated carbocycles. The van der Waals surface area contributed by atoms with Crippen molar-refractivity contribution < 1.29 is 14.0 Å². The lowest BCUT2D eigenvalue weighted by atomic mass is 9.96. The van der Waals surface area contributed by atoms with Crippen LogP contribution < -0.4 is 10.6 Å². The number of hydrogen-bond donors (Lipinski definition) is 2. The van der Waals surface area contributed by atoms with Crippen molar-refractivity contribution in [3.63, 3.8) is 0 Å². The molecule has 0 bridgehead atoms. The zero-order chi connectivity index (χ0) is 15.5. The highest BCUT2D eigenvalue weighted by molar-refractivity contribution is 5.89. The Morgan fingerprint density at radius 1 is 1.14 bits per heavy atom. The number of rotatable bonds is 3. The first-order chi connectivity index (χ1) is 10.6. The molecule has 1 aliphatic carbocycles. The molecule has 1 heterocycles. The van der Waals surface area contributed by atoms with Gasteiger partial charge in [-0.05, 0) is 43.9 Å². The summed E-state index contributed by atoms with van der Waals surface area (Å²) in [5.41, 5.74) is 0.443. The largest absolute Gasteiger partial charge is 0.353 e. The molecule has 2 aliphatic rings. The molecule has 0 spiro atoms. The van der Waals surface area contributed by atoms with Crippen LogP contribution in [0.15, 0.2) is 24.3 Å². The Bertz CT molecular complexity index is 566. The summed E-state index contributed by atoms with van der Waals surface area (Å²) in [6.45, 7) is 1.09. The van der Waals surface area contributed by atoms with Crippen LogP contribution in [-0.2, 0) is 4.79 Å². The second-order valence-electron chi connectivity index (χ2n) is 5.98. The van der Waals surface area contributed by atoms with Crippen LogP contribution in [0, 0.1) is 11.7 Å². The molecule has 5 nitrogen and oxygen atoms in total. The minimum atomic E-state index is -0.381. The van der Waals surface area contributed by atoms with Crippen LogP contribution in [0.3, 0.4) is 0 Å². The summed E-state index contributed by atoms with van der Waals surface area (Å²) in [7, 11) is 0. The average Bonchev–Trinajstić information content (AvgIpc) is 3.31. The Labute approximate surface area is 128 Å². The molecule has 1 aromatic rings. The van der Waals surface area contributed by atoms with Crippen molar-refractivity contribution in [2.24, 2.45) is 5.92 Å². The number of carbonyl (C=O) groups excluding carboxylic acids is 2. The summed E-state index contributed by atoms with van der Waals surface area (Å²) in [4.78, 5) is 25.8. The van der Waals surface area contributed by atoms with E-state index in [4.69, 9.17) is 0 Å². The lowest BCUT2D eigenvalue weighted by Crippen LogP contribution is -2.44. The van der Waals surface area contributed by atoms with E-state index in [-0.39, 0.29) is 23.7 Å². The van der Waals surface area contributed by atoms with Gasteiger partial charge in [-0.15, -0.1) is 0 Å². The van der Waals surface area contributed by atoms with E-state index in [9.17, 15) is 14.0 Å². The fourth-order valence-corrected chi connectivity index (χ4v) is 2.66. The molecule has 1 aromatic carbocycles. The maximum atomic E-state index is 13.1. The maximum absolute atomic E-state index is 13.1. The number of benzene rings is 1. The Morgan fingerprint density at radius 3 is 2.50 bits per heavy atom. The molecule has 1 saturated heterocycles. The van der Waals surface area contributed by atoms with Crippen molar-refractivity contribution in [2.45, 2.75) is 31.7 Å². The molecular formula is C16H20FN3O2. The van der Waals surface area contributed by atoms with E-state index < -0.39 is 0 Å². The van der Waals surface area contributed by atoms with Crippen LogP contribution in [-0.4, -0.2) is 36.0 Å². The van der Waals surface area contributed by atoms with E-state index in [1.54, 1.807) is 17.0 Å². The van der Waals surface area contributed by atoms with Crippen molar-refractivity contribution >= 4 is 17.6 Å². The van der Waals surface area contributed by atoms with Gasteiger partial charge in [-0.2, -0.15) is 0 Å². The third-order valence-corrected chi connectivity index (χ3v) is 4.15. The minimum Gasteiger partial charge on any atom is -0.353 e. The Hall–Kier alpha value is -2.11. The summed E-state index contributed by atoms with van der Waals surface area (Å²) in [6.07, 6.45) is 3.52.